The maximum Gasteiger partial charge on any atom is 1.00 e. The van der Waals surface area contributed by atoms with Crippen molar-refractivity contribution in [3.05, 3.63) is 97.1 Å². The molecule has 38 nitrogen and oxygen atoms in total. The molecule has 0 aliphatic carbocycles. The molecule has 8 aromatic rings. The molecular formula is C43H30F2N18Na6O20S6. The minimum atomic E-state index is -5.59. The maximum atomic E-state index is 14.9. The first-order chi connectivity index (χ1) is 41.3. The van der Waals surface area contributed by atoms with Gasteiger partial charge in [-0.25, -0.2) is 43.7 Å². The van der Waals surface area contributed by atoms with Crippen LogP contribution in [0.15, 0.2) is 145 Å². The van der Waals surface area contributed by atoms with Gasteiger partial charge in [0.2, 0.25) is 23.8 Å². The topological polar surface area (TPSA) is 635 Å². The van der Waals surface area contributed by atoms with Gasteiger partial charge in [-0.1, -0.05) is 0 Å². The van der Waals surface area contributed by atoms with E-state index in [0.717, 1.165) is 30.3 Å². The number of nitrogens with two attached hydrogens (primary N) is 2. The van der Waals surface area contributed by atoms with E-state index in [4.69, 9.17) is 11.5 Å². The fraction of sp³-hybridized carbons (Fsp3) is 0.0698. The van der Waals surface area contributed by atoms with Crippen LogP contribution in [0.1, 0.15) is 6.42 Å². The van der Waals surface area contributed by atoms with Crippen molar-refractivity contribution in [2.45, 2.75) is 35.8 Å². The molecule has 2 heterocycles. The van der Waals surface area contributed by atoms with Crippen LogP contribution < -0.4 is 220 Å². The van der Waals surface area contributed by atoms with Gasteiger partial charge >= 0.3 is 190 Å². The molecule has 6 aromatic carbocycles. The number of nitrogens with one attached hydrogen (secondary N) is 4. The standard InChI is InChI=1S/C43H36F2N18O20S6.6Na/c44-36-54-40(58-42(56-36)51-21-3-5-26(28(13-21)52-39(47)65)60-62-30-16-24-18(10-34(30)88(78,79)80)8-22(84(66,67)68)14-32(24)86(72,73)74)48-6-1-7-49-41-55-37(45)57-43(59-41)53-29-12-20(50-38(46)64)2-4-27(29)61-63-31-17-25-19(11-35(31)89(81,82)83)9-23(85(69,70)71)15-33(25)87(75,76)77;;;;;;/h2-5,8-17H,1,6-7H2,(H3,46,50,64)(H3,47,52,65)(H,66,67,68)(H,69,70,71)(H,72,73,74)(H,75,76,77)(H,78,79,80)(H,81,82,83)(H2,48,51,54,56,58)(H2,49,53,55,57,59);;;;;;/q;6*+1/p-6. The number of aliphatic imine (C=N–C) groups is 2. The van der Waals surface area contributed by atoms with Gasteiger partial charge in [0.25, 0.3) is 20.2 Å². The van der Waals surface area contributed by atoms with Crippen LogP contribution in [0.2, 0.25) is 0 Å². The molecule has 0 spiro atoms. The molecule has 52 heteroatoms. The summed E-state index contributed by atoms with van der Waals surface area (Å²) >= 11 is 0. The zero-order valence-corrected chi connectivity index (χ0v) is 66.1. The molecule has 0 bridgehead atoms. The average molecular weight is 1490 g/mol. The molecule has 0 aliphatic heterocycles. The van der Waals surface area contributed by atoms with Crippen molar-refractivity contribution < 1.29 is 274 Å². The summed E-state index contributed by atoms with van der Waals surface area (Å²) in [6.07, 6.45) is -2.63. The van der Waals surface area contributed by atoms with Crippen molar-refractivity contribution in [2.24, 2.45) is 41.9 Å². The van der Waals surface area contributed by atoms with Gasteiger partial charge in [0.1, 0.15) is 73.0 Å². The molecule has 10 N–H and O–H groups in total. The van der Waals surface area contributed by atoms with Crippen LogP contribution >= 0.6 is 0 Å². The third-order valence-electron chi connectivity index (χ3n) is 11.2. The monoisotopic (exact) mass is 1490 g/mol. The second kappa shape index (κ2) is 34.9. The molecule has 0 saturated heterocycles. The number of rotatable bonds is 22. The van der Waals surface area contributed by atoms with Crippen molar-refractivity contribution >= 4 is 164 Å². The normalized spacial score (nSPS) is 12.3. The SMILES string of the molecule is NC([O-])=Nc1ccc(N=Nc2cc3c(S(=O)(=O)[O-])cc(S(=O)(=O)[O-])cc3cc2S(=O)(=O)O)c(Nc2nc(F)nc(NCCCNc3nc(F)nc(Nc4ccc(N=Nc5cc6c(S(=O)(=O)[O-])cc(S(=O)(=O)[O-])cc6cc5S(=O)(=O)O)c(N=C(N)[O-])c4)n3)n2)c1.[Na+].[Na+].[Na+].[Na+].[Na+].[Na+]. The number of nitrogens with zero attached hydrogens (tertiary/aromatic N) is 12. The van der Waals surface area contributed by atoms with E-state index in [9.17, 15) is 96.8 Å². The van der Waals surface area contributed by atoms with Gasteiger partial charge in [-0.2, -0.15) is 55.5 Å². The minimum absolute atomic E-state index is 0. The number of fused-ring (bicyclic) bond motifs is 2. The van der Waals surface area contributed by atoms with Gasteiger partial charge < -0.3 is 61.2 Å². The Morgan fingerprint density at radius 2 is 0.842 bits per heavy atom. The third kappa shape index (κ3) is 23.6. The molecule has 0 saturated carbocycles. The predicted octanol–water partition coefficient (Wildman–Crippen LogP) is -16.4. The van der Waals surface area contributed by atoms with Crippen LogP contribution in [0.25, 0.3) is 21.5 Å². The van der Waals surface area contributed by atoms with Crippen molar-refractivity contribution in [1.82, 2.24) is 29.9 Å². The Hall–Kier alpha value is -3.88. The molecule has 0 amide bonds. The van der Waals surface area contributed by atoms with E-state index in [2.05, 4.69) is 81.6 Å². The largest absolute Gasteiger partial charge is 1.00 e. The van der Waals surface area contributed by atoms with Crippen molar-refractivity contribution in [2.75, 3.05) is 34.4 Å². The van der Waals surface area contributed by atoms with E-state index in [0.29, 0.717) is 36.4 Å². The van der Waals surface area contributed by atoms with E-state index in [1.165, 1.54) is 6.07 Å². The smallest absolute Gasteiger partial charge is 0.846 e. The summed E-state index contributed by atoms with van der Waals surface area (Å²) in [4.78, 5) is 22.1. The van der Waals surface area contributed by atoms with Crippen LogP contribution in [-0.2, 0) is 60.7 Å². The Labute approximate surface area is 667 Å². The Morgan fingerprint density at radius 3 is 1.25 bits per heavy atom. The summed E-state index contributed by atoms with van der Waals surface area (Å²) in [5.74, 6) is -1.83. The number of hydrogen-bond donors (Lipinski definition) is 8. The molecule has 0 unspecified atom stereocenters. The van der Waals surface area contributed by atoms with Crippen LogP contribution in [0, 0.1) is 12.2 Å². The number of halogens is 2. The van der Waals surface area contributed by atoms with Gasteiger partial charge in [0.05, 0.1) is 48.7 Å². The molecule has 0 atom stereocenters. The van der Waals surface area contributed by atoms with Crippen molar-refractivity contribution in [3.63, 3.8) is 0 Å². The van der Waals surface area contributed by atoms with Gasteiger partial charge in [-0.3, -0.25) is 9.11 Å². The molecule has 2 aromatic heterocycles. The molecular weight excluding hydrogens is 1460 g/mol. The molecule has 0 radical (unpaired) electrons. The second-order valence-corrected chi connectivity index (χ2v) is 25.6. The van der Waals surface area contributed by atoms with Gasteiger partial charge in [0.15, 0.2) is 0 Å². The maximum absolute atomic E-state index is 14.9. The summed E-state index contributed by atoms with van der Waals surface area (Å²) < 4.78 is 243. The summed E-state index contributed by atoms with van der Waals surface area (Å²) in [5, 5.41) is 46.8. The Bertz CT molecular complexity index is 5140. The minimum Gasteiger partial charge on any atom is -0.846 e. The molecule has 468 valence electrons. The molecule has 0 aliphatic rings. The van der Waals surface area contributed by atoms with Gasteiger partial charge in [0, 0.05) is 29.5 Å². The summed E-state index contributed by atoms with van der Waals surface area (Å²) in [6, 6.07) is 7.89. The zero-order valence-electron chi connectivity index (χ0n) is 49.2. The van der Waals surface area contributed by atoms with Crippen LogP contribution in [0.4, 0.5) is 78.1 Å². The first kappa shape index (κ1) is 87.2. The van der Waals surface area contributed by atoms with Crippen molar-refractivity contribution in [3.8, 4) is 0 Å². The Balaban J connectivity index is 0.00000512. The Kier molecular flexibility index (Phi) is 32.1. The number of hydrogen-bond acceptors (Lipinski definition) is 34. The van der Waals surface area contributed by atoms with Crippen molar-refractivity contribution in [1.29, 1.82) is 0 Å². The number of aromatic nitrogens is 6. The van der Waals surface area contributed by atoms with Gasteiger partial charge in [-0.15, -0.1) is 20.5 Å². The van der Waals surface area contributed by atoms with E-state index in [1.54, 1.807) is 0 Å². The first-order valence-corrected chi connectivity index (χ1v) is 31.8. The molecule has 8 rings (SSSR count). The number of azo groups is 2. The van der Waals surface area contributed by atoms with Crippen LogP contribution in [-0.4, -0.2) is 133 Å². The third-order valence-corrected chi connectivity index (χ3v) is 16.3. The Morgan fingerprint density at radius 1 is 0.442 bits per heavy atom. The number of anilines is 6. The number of amidine groups is 2. The fourth-order valence-electron chi connectivity index (χ4n) is 7.64. The van der Waals surface area contributed by atoms with Gasteiger partial charge in [-0.05, 0) is 102 Å². The second-order valence-electron chi connectivity index (χ2n) is 17.4. The van der Waals surface area contributed by atoms with E-state index < -0.39 is 171 Å². The number of benzene rings is 6. The summed E-state index contributed by atoms with van der Waals surface area (Å²) in [5.41, 5.74) is 7.10. The quantitative estimate of drug-likeness (QED) is 0.00780. The fourth-order valence-corrected chi connectivity index (χ4v) is 11.6. The summed E-state index contributed by atoms with van der Waals surface area (Å²) in [6.45, 7) is -0.124. The molecule has 0 fully saturated rings. The van der Waals surface area contributed by atoms with Crippen LogP contribution in [0.3, 0.4) is 0 Å². The van der Waals surface area contributed by atoms with E-state index in [-0.39, 0.29) is 243 Å². The first-order valence-electron chi connectivity index (χ1n) is 23.3. The van der Waals surface area contributed by atoms with E-state index >= 15 is 0 Å². The average Bonchev–Trinajstić information content (AvgIpc) is 0.765. The zero-order chi connectivity index (χ0) is 65.3. The van der Waals surface area contributed by atoms with Crippen LogP contribution in [0.5, 0.6) is 0 Å². The molecule has 95 heavy (non-hydrogen) atoms. The predicted molar refractivity (Wildman–Crippen MR) is 291 cm³/mol. The summed E-state index contributed by atoms with van der Waals surface area (Å²) in [7, 11) is -32.7. The van der Waals surface area contributed by atoms with E-state index in [1.807, 2.05) is 0 Å².